The minimum absolute atomic E-state index is 0.239. The number of amides is 1. The lowest BCUT2D eigenvalue weighted by molar-refractivity contribution is -0.123. The summed E-state index contributed by atoms with van der Waals surface area (Å²) in [4.78, 5) is 11.9. The lowest BCUT2D eigenvalue weighted by Gasteiger charge is -2.11. The van der Waals surface area contributed by atoms with Crippen molar-refractivity contribution in [1.82, 2.24) is 5.32 Å². The minimum Gasteiger partial charge on any atom is -0.356 e. The first kappa shape index (κ1) is 11.8. The molecule has 1 N–H and O–H groups in total. The van der Waals surface area contributed by atoms with Crippen LogP contribution in [0.15, 0.2) is 24.3 Å². The quantitative estimate of drug-likeness (QED) is 0.868. The molecule has 96 valence electrons. The van der Waals surface area contributed by atoms with Crippen molar-refractivity contribution >= 4 is 5.91 Å². The Bertz CT molecular complexity index is 453. The van der Waals surface area contributed by atoms with E-state index in [1.165, 1.54) is 11.1 Å². The Labute approximate surface area is 109 Å². The molecule has 1 atom stereocenters. The molecule has 18 heavy (non-hydrogen) atoms. The largest absolute Gasteiger partial charge is 0.356 e. The summed E-state index contributed by atoms with van der Waals surface area (Å²) in [5, 5.41) is 3.14. The fraction of sp³-hybridized carbons (Fsp3) is 0.562. The van der Waals surface area contributed by atoms with Crippen LogP contribution in [-0.4, -0.2) is 12.5 Å². The van der Waals surface area contributed by atoms with Gasteiger partial charge < -0.3 is 5.32 Å². The molecule has 1 aromatic rings. The van der Waals surface area contributed by atoms with E-state index in [2.05, 4.69) is 43.4 Å². The van der Waals surface area contributed by atoms with E-state index in [-0.39, 0.29) is 17.2 Å². The second-order valence-electron chi connectivity index (χ2n) is 6.53. The van der Waals surface area contributed by atoms with E-state index in [1.807, 2.05) is 0 Å². The fourth-order valence-corrected chi connectivity index (χ4v) is 3.08. The normalized spacial score (nSPS) is 24.7. The van der Waals surface area contributed by atoms with Crippen molar-refractivity contribution in [3.8, 4) is 0 Å². The maximum absolute atomic E-state index is 11.9. The van der Waals surface area contributed by atoms with Crippen LogP contribution in [-0.2, 0) is 17.6 Å². The summed E-state index contributed by atoms with van der Waals surface area (Å²) in [6.07, 6.45) is 3.28. The van der Waals surface area contributed by atoms with Crippen LogP contribution in [0.5, 0.6) is 0 Å². The molecular formula is C16H21NO. The van der Waals surface area contributed by atoms with Crippen LogP contribution in [0.3, 0.4) is 0 Å². The molecule has 1 amide bonds. The van der Waals surface area contributed by atoms with Gasteiger partial charge in [0.05, 0.1) is 0 Å². The molecule has 1 fully saturated rings. The van der Waals surface area contributed by atoms with Crippen LogP contribution < -0.4 is 5.32 Å². The van der Waals surface area contributed by atoms with Crippen molar-refractivity contribution < 1.29 is 4.79 Å². The molecule has 3 rings (SSSR count). The van der Waals surface area contributed by atoms with Crippen molar-refractivity contribution in [2.45, 2.75) is 33.1 Å². The van der Waals surface area contributed by atoms with Gasteiger partial charge in [-0.3, -0.25) is 4.79 Å². The third-order valence-corrected chi connectivity index (χ3v) is 4.53. The van der Waals surface area contributed by atoms with Crippen LogP contribution >= 0.6 is 0 Å². The van der Waals surface area contributed by atoms with Crippen molar-refractivity contribution in [3.63, 3.8) is 0 Å². The Morgan fingerprint density at radius 2 is 1.83 bits per heavy atom. The average Bonchev–Trinajstić information content (AvgIpc) is 2.82. The molecule has 1 saturated carbocycles. The van der Waals surface area contributed by atoms with E-state index in [0.29, 0.717) is 5.92 Å². The highest BCUT2D eigenvalue weighted by Gasteiger charge is 2.50. The Balaban J connectivity index is 1.50. The van der Waals surface area contributed by atoms with Gasteiger partial charge in [0, 0.05) is 12.5 Å². The van der Waals surface area contributed by atoms with E-state index in [0.717, 1.165) is 25.8 Å². The van der Waals surface area contributed by atoms with Crippen molar-refractivity contribution in [1.29, 1.82) is 0 Å². The van der Waals surface area contributed by atoms with Gasteiger partial charge in [-0.15, -0.1) is 0 Å². The van der Waals surface area contributed by atoms with Crippen LogP contribution in [0, 0.1) is 17.3 Å². The van der Waals surface area contributed by atoms with Gasteiger partial charge >= 0.3 is 0 Å². The minimum atomic E-state index is 0.239. The molecule has 0 radical (unpaired) electrons. The maximum Gasteiger partial charge on any atom is 0.223 e. The lowest BCUT2D eigenvalue weighted by atomic mass is 10.1. The molecule has 2 heteroatoms. The predicted octanol–water partition coefficient (Wildman–Crippen LogP) is 2.56. The SMILES string of the molecule is CC1(C)CC1C(=O)NCC1Cc2ccccc2C1. The first-order valence-electron chi connectivity index (χ1n) is 6.91. The zero-order chi connectivity index (χ0) is 12.8. The van der Waals surface area contributed by atoms with Crippen LogP contribution in [0.25, 0.3) is 0 Å². The van der Waals surface area contributed by atoms with E-state index in [4.69, 9.17) is 0 Å². The highest BCUT2D eigenvalue weighted by atomic mass is 16.2. The predicted molar refractivity (Wildman–Crippen MR) is 72.2 cm³/mol. The second-order valence-corrected chi connectivity index (χ2v) is 6.53. The third kappa shape index (κ3) is 2.16. The van der Waals surface area contributed by atoms with Crippen molar-refractivity contribution in [2.75, 3.05) is 6.54 Å². The van der Waals surface area contributed by atoms with E-state index in [9.17, 15) is 4.79 Å². The van der Waals surface area contributed by atoms with Crippen LogP contribution in [0.4, 0.5) is 0 Å². The number of hydrogen-bond donors (Lipinski definition) is 1. The van der Waals surface area contributed by atoms with Gasteiger partial charge in [0.2, 0.25) is 5.91 Å². The Kier molecular flexibility index (Phi) is 2.69. The molecule has 0 spiro atoms. The summed E-state index contributed by atoms with van der Waals surface area (Å²) in [6.45, 7) is 5.17. The molecule has 1 unspecified atom stereocenters. The molecule has 0 bridgehead atoms. The van der Waals surface area contributed by atoms with Crippen LogP contribution in [0.2, 0.25) is 0 Å². The zero-order valence-corrected chi connectivity index (χ0v) is 11.2. The first-order chi connectivity index (χ1) is 8.56. The summed E-state index contributed by atoms with van der Waals surface area (Å²) >= 11 is 0. The summed E-state index contributed by atoms with van der Waals surface area (Å²) in [6, 6.07) is 8.63. The molecule has 0 saturated heterocycles. The number of carbonyl (C=O) groups excluding carboxylic acids is 1. The molecule has 0 aromatic heterocycles. The van der Waals surface area contributed by atoms with Gasteiger partial charge in [-0.1, -0.05) is 38.1 Å². The number of rotatable bonds is 3. The molecule has 0 heterocycles. The lowest BCUT2D eigenvalue weighted by Crippen LogP contribution is -2.31. The Morgan fingerprint density at radius 1 is 1.28 bits per heavy atom. The smallest absolute Gasteiger partial charge is 0.223 e. The summed E-state index contributed by atoms with van der Waals surface area (Å²) in [5.74, 6) is 1.10. The molecule has 2 nitrogen and oxygen atoms in total. The highest BCUT2D eigenvalue weighted by molar-refractivity contribution is 5.82. The van der Waals surface area contributed by atoms with Crippen molar-refractivity contribution in [2.24, 2.45) is 17.3 Å². The topological polar surface area (TPSA) is 29.1 Å². The molecule has 2 aliphatic rings. The fourth-order valence-electron chi connectivity index (χ4n) is 3.08. The number of benzene rings is 1. The number of fused-ring (bicyclic) bond motifs is 1. The Hall–Kier alpha value is -1.31. The maximum atomic E-state index is 11.9. The van der Waals surface area contributed by atoms with Gasteiger partial charge in [0.1, 0.15) is 0 Å². The molecule has 1 aromatic carbocycles. The third-order valence-electron chi connectivity index (χ3n) is 4.53. The summed E-state index contributed by atoms with van der Waals surface area (Å²) < 4.78 is 0. The Morgan fingerprint density at radius 3 is 2.33 bits per heavy atom. The van der Waals surface area contributed by atoms with E-state index in [1.54, 1.807) is 0 Å². The summed E-state index contributed by atoms with van der Waals surface area (Å²) in [5.41, 5.74) is 3.16. The molecular weight excluding hydrogens is 222 g/mol. The standard InChI is InChI=1S/C16H21NO/c1-16(2)9-14(16)15(18)17-10-11-7-12-5-3-4-6-13(12)8-11/h3-6,11,14H,7-10H2,1-2H3,(H,17,18). The van der Waals surface area contributed by atoms with E-state index < -0.39 is 0 Å². The van der Waals surface area contributed by atoms with Crippen LogP contribution in [0.1, 0.15) is 31.4 Å². The average molecular weight is 243 g/mol. The van der Waals surface area contributed by atoms with E-state index >= 15 is 0 Å². The highest BCUT2D eigenvalue weighted by Crippen LogP contribution is 2.51. The van der Waals surface area contributed by atoms with Gasteiger partial charge in [-0.25, -0.2) is 0 Å². The molecule has 2 aliphatic carbocycles. The second kappa shape index (κ2) is 4.11. The van der Waals surface area contributed by atoms with Gasteiger partial charge in [-0.05, 0) is 41.7 Å². The number of carbonyl (C=O) groups is 1. The number of nitrogens with one attached hydrogen (secondary N) is 1. The van der Waals surface area contributed by atoms with Gasteiger partial charge in [0.25, 0.3) is 0 Å². The molecule has 0 aliphatic heterocycles. The summed E-state index contributed by atoms with van der Waals surface area (Å²) in [7, 11) is 0. The zero-order valence-electron chi connectivity index (χ0n) is 11.2. The van der Waals surface area contributed by atoms with Crippen molar-refractivity contribution in [3.05, 3.63) is 35.4 Å². The monoisotopic (exact) mass is 243 g/mol. The van der Waals surface area contributed by atoms with Gasteiger partial charge in [0.15, 0.2) is 0 Å². The van der Waals surface area contributed by atoms with Gasteiger partial charge in [-0.2, -0.15) is 0 Å². The first-order valence-corrected chi connectivity index (χ1v) is 6.91. The number of hydrogen-bond acceptors (Lipinski definition) is 1.